The van der Waals surface area contributed by atoms with Gasteiger partial charge in [-0.15, -0.1) is 0 Å². The molecule has 2 aliphatic heterocycles. The van der Waals surface area contributed by atoms with Crippen LogP contribution >= 0.6 is 0 Å². The predicted molar refractivity (Wildman–Crippen MR) is 74.8 cm³/mol. The normalized spacial score (nSPS) is 30.2. The second-order valence-corrected chi connectivity index (χ2v) is 5.83. The van der Waals surface area contributed by atoms with Gasteiger partial charge in [0.1, 0.15) is 6.10 Å². The molecular formula is C14H27N3O2. The van der Waals surface area contributed by atoms with E-state index < -0.39 is 0 Å². The van der Waals surface area contributed by atoms with Crippen molar-refractivity contribution in [3.05, 3.63) is 0 Å². The summed E-state index contributed by atoms with van der Waals surface area (Å²) >= 11 is 0. The van der Waals surface area contributed by atoms with Crippen molar-refractivity contribution in [2.45, 2.75) is 57.3 Å². The zero-order valence-corrected chi connectivity index (χ0v) is 11.9. The Balaban J connectivity index is 1.69. The van der Waals surface area contributed by atoms with Gasteiger partial charge in [0.05, 0.1) is 6.10 Å². The maximum absolute atomic E-state index is 12.1. The molecule has 5 nitrogen and oxygen atoms in total. The third kappa shape index (κ3) is 4.44. The molecule has 0 aromatic rings. The minimum Gasteiger partial charge on any atom is -0.364 e. The number of hydrogen-bond acceptors (Lipinski definition) is 4. The first-order valence-corrected chi connectivity index (χ1v) is 7.57. The maximum atomic E-state index is 12.1. The summed E-state index contributed by atoms with van der Waals surface area (Å²) in [4.78, 5) is 14.5. The number of carbonyl (C=O) groups excluding carboxylic acids is 1. The molecule has 2 heterocycles. The molecule has 5 heteroatoms. The van der Waals surface area contributed by atoms with E-state index in [0.29, 0.717) is 6.54 Å². The van der Waals surface area contributed by atoms with Gasteiger partial charge in [-0.2, -0.15) is 0 Å². The van der Waals surface area contributed by atoms with E-state index >= 15 is 0 Å². The monoisotopic (exact) mass is 269 g/mol. The van der Waals surface area contributed by atoms with Gasteiger partial charge in [-0.05, 0) is 45.7 Å². The summed E-state index contributed by atoms with van der Waals surface area (Å²) in [6.45, 7) is 5.85. The Morgan fingerprint density at radius 3 is 2.74 bits per heavy atom. The Hall–Kier alpha value is -0.650. The predicted octanol–water partition coefficient (Wildman–Crippen LogP) is 0.483. The van der Waals surface area contributed by atoms with Gasteiger partial charge in [-0.1, -0.05) is 6.42 Å². The topological polar surface area (TPSA) is 67.6 Å². The fourth-order valence-corrected chi connectivity index (χ4v) is 2.98. The van der Waals surface area contributed by atoms with Crippen molar-refractivity contribution in [3.63, 3.8) is 0 Å². The minimum absolute atomic E-state index is 0.0282. The molecular weight excluding hydrogens is 242 g/mol. The van der Waals surface area contributed by atoms with Crippen LogP contribution in [0.1, 0.15) is 39.0 Å². The summed E-state index contributed by atoms with van der Waals surface area (Å²) in [6.07, 6.45) is 5.37. The summed E-state index contributed by atoms with van der Waals surface area (Å²) in [6, 6.07) is 0.186. The Morgan fingerprint density at radius 2 is 2.11 bits per heavy atom. The highest BCUT2D eigenvalue weighted by Gasteiger charge is 2.30. The van der Waals surface area contributed by atoms with Gasteiger partial charge < -0.3 is 20.7 Å². The lowest BCUT2D eigenvalue weighted by molar-refractivity contribution is -0.132. The first kappa shape index (κ1) is 14.8. The van der Waals surface area contributed by atoms with Crippen molar-refractivity contribution in [2.75, 3.05) is 26.2 Å². The summed E-state index contributed by atoms with van der Waals surface area (Å²) < 4.78 is 5.61. The molecule has 2 rings (SSSR count). The zero-order chi connectivity index (χ0) is 13.7. The number of likely N-dealkylation sites (tertiary alicyclic amines) is 1. The molecule has 0 radical (unpaired) electrons. The van der Waals surface area contributed by atoms with Crippen molar-refractivity contribution in [2.24, 2.45) is 5.73 Å². The molecule has 0 spiro atoms. The summed E-state index contributed by atoms with van der Waals surface area (Å²) in [5.74, 6) is 0.0282. The molecule has 2 aliphatic rings. The van der Waals surface area contributed by atoms with Crippen LogP contribution in [0.4, 0.5) is 0 Å². The lowest BCUT2D eigenvalue weighted by atomic mass is 10.1. The minimum atomic E-state index is -0.294. The Morgan fingerprint density at radius 1 is 1.37 bits per heavy atom. The molecule has 0 saturated carbocycles. The second kappa shape index (κ2) is 7.22. The van der Waals surface area contributed by atoms with Crippen LogP contribution in [0.2, 0.25) is 0 Å². The van der Waals surface area contributed by atoms with E-state index in [1.54, 1.807) is 0 Å². The van der Waals surface area contributed by atoms with Crippen LogP contribution in [0.25, 0.3) is 0 Å². The van der Waals surface area contributed by atoms with Gasteiger partial charge in [-0.3, -0.25) is 4.79 Å². The van der Waals surface area contributed by atoms with Gasteiger partial charge in [-0.25, -0.2) is 0 Å². The quantitative estimate of drug-likeness (QED) is 0.762. The SMILES string of the molecule is CC(CN1CCCCC1)NC(=O)[C@@H]1CC[C@H](CN)O1. The summed E-state index contributed by atoms with van der Waals surface area (Å²) in [5.41, 5.74) is 5.56. The average molecular weight is 269 g/mol. The highest BCUT2D eigenvalue weighted by atomic mass is 16.5. The molecule has 1 amide bonds. The molecule has 3 atom stereocenters. The van der Waals surface area contributed by atoms with Gasteiger partial charge in [0, 0.05) is 19.1 Å². The van der Waals surface area contributed by atoms with Crippen LogP contribution in [0.3, 0.4) is 0 Å². The zero-order valence-electron chi connectivity index (χ0n) is 11.9. The van der Waals surface area contributed by atoms with Gasteiger partial charge in [0.25, 0.3) is 0 Å². The number of piperidine rings is 1. The van der Waals surface area contributed by atoms with Crippen molar-refractivity contribution in [1.82, 2.24) is 10.2 Å². The largest absolute Gasteiger partial charge is 0.364 e. The highest BCUT2D eigenvalue weighted by Crippen LogP contribution is 2.19. The van der Waals surface area contributed by atoms with E-state index in [2.05, 4.69) is 17.1 Å². The van der Waals surface area contributed by atoms with Gasteiger partial charge >= 0.3 is 0 Å². The number of rotatable bonds is 5. The van der Waals surface area contributed by atoms with E-state index in [4.69, 9.17) is 10.5 Å². The third-order valence-electron chi connectivity index (χ3n) is 4.03. The van der Waals surface area contributed by atoms with E-state index in [0.717, 1.165) is 32.5 Å². The number of amides is 1. The molecule has 0 aromatic heterocycles. The molecule has 19 heavy (non-hydrogen) atoms. The van der Waals surface area contributed by atoms with E-state index in [-0.39, 0.29) is 24.2 Å². The fraction of sp³-hybridized carbons (Fsp3) is 0.929. The fourth-order valence-electron chi connectivity index (χ4n) is 2.98. The van der Waals surface area contributed by atoms with E-state index in [1.165, 1.54) is 19.3 Å². The van der Waals surface area contributed by atoms with Gasteiger partial charge in [0.15, 0.2) is 0 Å². The third-order valence-corrected chi connectivity index (χ3v) is 4.03. The average Bonchev–Trinajstić information content (AvgIpc) is 2.88. The molecule has 110 valence electrons. The first-order valence-electron chi connectivity index (χ1n) is 7.57. The number of carbonyl (C=O) groups is 1. The summed E-state index contributed by atoms with van der Waals surface area (Å²) in [7, 11) is 0. The lowest BCUT2D eigenvalue weighted by Gasteiger charge is -2.29. The van der Waals surface area contributed by atoms with E-state index in [9.17, 15) is 4.79 Å². The highest BCUT2D eigenvalue weighted by molar-refractivity contribution is 5.81. The number of nitrogens with one attached hydrogen (secondary N) is 1. The summed E-state index contributed by atoms with van der Waals surface area (Å²) in [5, 5.41) is 3.07. The van der Waals surface area contributed by atoms with Crippen LogP contribution in [0.5, 0.6) is 0 Å². The second-order valence-electron chi connectivity index (χ2n) is 5.83. The smallest absolute Gasteiger partial charge is 0.249 e. The molecule has 2 saturated heterocycles. The van der Waals surface area contributed by atoms with Crippen molar-refractivity contribution in [3.8, 4) is 0 Å². The van der Waals surface area contributed by atoms with Crippen LogP contribution in [0.15, 0.2) is 0 Å². The van der Waals surface area contributed by atoms with Crippen LogP contribution < -0.4 is 11.1 Å². The van der Waals surface area contributed by atoms with Crippen LogP contribution in [-0.2, 0) is 9.53 Å². The van der Waals surface area contributed by atoms with Crippen LogP contribution in [0, 0.1) is 0 Å². The maximum Gasteiger partial charge on any atom is 0.249 e. The molecule has 3 N–H and O–H groups in total. The first-order chi connectivity index (χ1) is 9.19. The molecule has 0 aliphatic carbocycles. The van der Waals surface area contributed by atoms with Crippen LogP contribution in [-0.4, -0.2) is 55.2 Å². The number of hydrogen-bond donors (Lipinski definition) is 2. The van der Waals surface area contributed by atoms with Crippen molar-refractivity contribution >= 4 is 5.91 Å². The molecule has 0 bridgehead atoms. The lowest BCUT2D eigenvalue weighted by Crippen LogP contribution is -2.46. The van der Waals surface area contributed by atoms with Crippen molar-refractivity contribution < 1.29 is 9.53 Å². The standard InChI is InChI=1S/C14H27N3O2/c1-11(10-17-7-3-2-4-8-17)16-14(18)13-6-5-12(9-15)19-13/h11-13H,2-10,15H2,1H3,(H,16,18)/t11?,12-,13+/m1/s1. The Kier molecular flexibility index (Phi) is 5.60. The molecule has 1 unspecified atom stereocenters. The van der Waals surface area contributed by atoms with Gasteiger partial charge in [0.2, 0.25) is 5.91 Å². The Bertz CT molecular complexity index is 292. The van der Waals surface area contributed by atoms with Crippen molar-refractivity contribution in [1.29, 1.82) is 0 Å². The number of ether oxygens (including phenoxy) is 1. The number of nitrogens with zero attached hydrogens (tertiary/aromatic N) is 1. The Labute approximate surface area is 115 Å². The van der Waals surface area contributed by atoms with E-state index in [1.807, 2.05) is 0 Å². The number of nitrogens with two attached hydrogens (primary N) is 1. The molecule has 2 fully saturated rings. The molecule has 0 aromatic carbocycles.